The lowest BCUT2D eigenvalue weighted by atomic mass is 10.1. The van der Waals surface area contributed by atoms with Crippen molar-refractivity contribution in [3.8, 4) is 0 Å². The zero-order chi connectivity index (χ0) is 12.1. The van der Waals surface area contributed by atoms with E-state index in [-0.39, 0.29) is 6.29 Å². The van der Waals surface area contributed by atoms with Gasteiger partial charge < -0.3 is 9.47 Å². The van der Waals surface area contributed by atoms with Gasteiger partial charge in [-0.15, -0.1) is 0 Å². The molecule has 0 aromatic heterocycles. The van der Waals surface area contributed by atoms with Gasteiger partial charge in [-0.3, -0.25) is 9.59 Å². The Morgan fingerprint density at radius 1 is 1.27 bits per heavy atom. The Hall–Kier alpha value is -1.72. The predicted molar refractivity (Wildman–Crippen MR) is 48.0 cm³/mol. The van der Waals surface area contributed by atoms with E-state index in [1.54, 1.807) is 20.8 Å². The molecule has 0 N–H and O–H groups in total. The van der Waals surface area contributed by atoms with E-state index in [1.165, 1.54) is 0 Å². The van der Waals surface area contributed by atoms with Gasteiger partial charge in [0.05, 0.1) is 0 Å². The van der Waals surface area contributed by atoms with Crippen molar-refractivity contribution >= 4 is 24.2 Å². The number of hydrogen-bond acceptors (Lipinski definition) is 6. The average Bonchev–Trinajstić information content (AvgIpc) is 2.15. The van der Waals surface area contributed by atoms with Gasteiger partial charge in [0.15, 0.2) is 6.29 Å². The zero-order valence-corrected chi connectivity index (χ0v) is 8.73. The molecular formula is C9H12O6. The molecule has 0 saturated carbocycles. The molecule has 6 nitrogen and oxygen atoms in total. The van der Waals surface area contributed by atoms with Gasteiger partial charge in [-0.05, 0) is 20.3 Å². The predicted octanol–water partition coefficient (Wildman–Crippen LogP) is 0.623. The standard InChI is InChI=1S/C9H12O6/c1-4-9(2,3)15-8(13)14-7(12)6(11)5-10/h5H,4H2,1-3H3. The van der Waals surface area contributed by atoms with Gasteiger partial charge >= 0.3 is 17.9 Å². The second-order valence-electron chi connectivity index (χ2n) is 3.34. The number of aldehydes is 1. The average molecular weight is 216 g/mol. The van der Waals surface area contributed by atoms with E-state index < -0.39 is 23.5 Å². The number of carbonyl (C=O) groups excluding carboxylic acids is 4. The summed E-state index contributed by atoms with van der Waals surface area (Å²) in [6.45, 7) is 4.99. The van der Waals surface area contributed by atoms with E-state index in [0.29, 0.717) is 6.42 Å². The van der Waals surface area contributed by atoms with Crippen LogP contribution in [0.3, 0.4) is 0 Å². The molecule has 0 aliphatic carbocycles. The summed E-state index contributed by atoms with van der Waals surface area (Å²) in [6, 6.07) is 0. The van der Waals surface area contributed by atoms with Crippen LogP contribution >= 0.6 is 0 Å². The molecule has 0 aromatic rings. The molecule has 0 aromatic carbocycles. The molecule has 0 rings (SSSR count). The van der Waals surface area contributed by atoms with Crippen LogP contribution < -0.4 is 0 Å². The van der Waals surface area contributed by atoms with Crippen LogP contribution in [-0.4, -0.2) is 29.8 Å². The van der Waals surface area contributed by atoms with Gasteiger partial charge in [0.1, 0.15) is 5.60 Å². The van der Waals surface area contributed by atoms with Crippen LogP contribution in [0.1, 0.15) is 27.2 Å². The van der Waals surface area contributed by atoms with Gasteiger partial charge in [-0.1, -0.05) is 6.92 Å². The largest absolute Gasteiger partial charge is 0.517 e. The first-order chi connectivity index (χ1) is 6.82. The maximum Gasteiger partial charge on any atom is 0.517 e. The minimum absolute atomic E-state index is 0.236. The van der Waals surface area contributed by atoms with Crippen molar-refractivity contribution in [2.45, 2.75) is 32.8 Å². The summed E-state index contributed by atoms with van der Waals surface area (Å²) < 4.78 is 8.66. The summed E-state index contributed by atoms with van der Waals surface area (Å²) in [6.07, 6.45) is -1.01. The Labute approximate surface area is 86.5 Å². The smallest absolute Gasteiger partial charge is 0.428 e. The molecule has 0 aliphatic rings. The van der Waals surface area contributed by atoms with Crippen LogP contribution in [-0.2, 0) is 23.9 Å². The topological polar surface area (TPSA) is 86.7 Å². The summed E-state index contributed by atoms with van der Waals surface area (Å²) >= 11 is 0. The first-order valence-electron chi connectivity index (χ1n) is 4.26. The molecule has 0 bridgehead atoms. The Morgan fingerprint density at radius 3 is 2.20 bits per heavy atom. The van der Waals surface area contributed by atoms with Crippen LogP contribution in [0.5, 0.6) is 0 Å². The molecule has 0 saturated heterocycles. The second kappa shape index (κ2) is 5.23. The Balaban J connectivity index is 4.22. The summed E-state index contributed by atoms with van der Waals surface area (Å²) in [7, 11) is 0. The van der Waals surface area contributed by atoms with Crippen molar-refractivity contribution in [1.82, 2.24) is 0 Å². The van der Waals surface area contributed by atoms with Crippen LogP contribution in [0.4, 0.5) is 4.79 Å². The highest BCUT2D eigenvalue weighted by Gasteiger charge is 2.25. The monoisotopic (exact) mass is 216 g/mol. The van der Waals surface area contributed by atoms with Crippen LogP contribution in [0.15, 0.2) is 0 Å². The van der Waals surface area contributed by atoms with E-state index in [1.807, 2.05) is 0 Å². The number of Topliss-reactive ketones (excluding diaryl/α,β-unsaturated/α-hetero) is 1. The minimum atomic E-state index is -1.54. The molecule has 0 heterocycles. The third-order valence-corrected chi connectivity index (χ3v) is 1.70. The SMILES string of the molecule is CCC(C)(C)OC(=O)OC(=O)C(=O)C=O. The summed E-state index contributed by atoms with van der Waals surface area (Å²) in [5.41, 5.74) is -0.790. The third-order valence-electron chi connectivity index (χ3n) is 1.70. The second-order valence-corrected chi connectivity index (χ2v) is 3.34. The van der Waals surface area contributed by atoms with Gasteiger partial charge in [0, 0.05) is 0 Å². The number of ketones is 1. The van der Waals surface area contributed by atoms with Gasteiger partial charge in [-0.25, -0.2) is 9.59 Å². The van der Waals surface area contributed by atoms with E-state index in [4.69, 9.17) is 4.74 Å². The molecule has 0 spiro atoms. The van der Waals surface area contributed by atoms with Crippen LogP contribution in [0.25, 0.3) is 0 Å². The minimum Gasteiger partial charge on any atom is -0.428 e. The van der Waals surface area contributed by atoms with E-state index in [2.05, 4.69) is 4.74 Å². The lowest BCUT2D eigenvalue weighted by molar-refractivity contribution is -0.153. The maximum atomic E-state index is 10.9. The molecule has 15 heavy (non-hydrogen) atoms. The van der Waals surface area contributed by atoms with Gasteiger partial charge in [0.2, 0.25) is 0 Å². The van der Waals surface area contributed by atoms with Crippen LogP contribution in [0, 0.1) is 0 Å². The first kappa shape index (κ1) is 13.3. The summed E-state index contributed by atoms with van der Waals surface area (Å²) in [5, 5.41) is 0. The maximum absolute atomic E-state index is 10.9. The lowest BCUT2D eigenvalue weighted by Gasteiger charge is -2.21. The van der Waals surface area contributed by atoms with E-state index in [9.17, 15) is 19.2 Å². The molecule has 0 unspecified atom stereocenters. The van der Waals surface area contributed by atoms with Crippen molar-refractivity contribution < 1.29 is 28.7 Å². The van der Waals surface area contributed by atoms with E-state index >= 15 is 0 Å². The Kier molecular flexibility index (Phi) is 4.63. The summed E-state index contributed by atoms with van der Waals surface area (Å²) in [4.78, 5) is 41.9. The van der Waals surface area contributed by atoms with Crippen molar-refractivity contribution in [2.75, 3.05) is 0 Å². The third kappa shape index (κ3) is 4.90. The van der Waals surface area contributed by atoms with Crippen molar-refractivity contribution in [3.63, 3.8) is 0 Å². The fraction of sp³-hybridized carbons (Fsp3) is 0.556. The van der Waals surface area contributed by atoms with Gasteiger partial charge in [0.25, 0.3) is 0 Å². The Bertz CT molecular complexity index is 291. The number of ether oxygens (including phenoxy) is 2. The van der Waals surface area contributed by atoms with Crippen molar-refractivity contribution in [1.29, 1.82) is 0 Å². The van der Waals surface area contributed by atoms with Crippen molar-refractivity contribution in [2.24, 2.45) is 0 Å². The number of hydrogen-bond donors (Lipinski definition) is 0. The first-order valence-corrected chi connectivity index (χ1v) is 4.26. The van der Waals surface area contributed by atoms with Crippen molar-refractivity contribution in [3.05, 3.63) is 0 Å². The number of rotatable bonds is 4. The molecule has 0 fully saturated rings. The van der Waals surface area contributed by atoms with E-state index in [0.717, 1.165) is 0 Å². The highest BCUT2D eigenvalue weighted by Crippen LogP contribution is 2.14. The molecule has 84 valence electrons. The van der Waals surface area contributed by atoms with Crippen LogP contribution in [0.2, 0.25) is 0 Å². The fourth-order valence-corrected chi connectivity index (χ4v) is 0.493. The zero-order valence-electron chi connectivity index (χ0n) is 8.73. The quantitative estimate of drug-likeness (QED) is 0.296. The molecular weight excluding hydrogens is 204 g/mol. The lowest BCUT2D eigenvalue weighted by Crippen LogP contribution is -2.30. The molecule has 0 radical (unpaired) electrons. The molecule has 0 atom stereocenters. The highest BCUT2D eigenvalue weighted by molar-refractivity contribution is 6.56. The molecule has 0 amide bonds. The van der Waals surface area contributed by atoms with Gasteiger partial charge in [-0.2, -0.15) is 0 Å². The number of carbonyl (C=O) groups is 4. The molecule has 6 heteroatoms. The fourth-order valence-electron chi connectivity index (χ4n) is 0.493. The molecule has 0 aliphatic heterocycles. The Morgan fingerprint density at radius 2 is 1.80 bits per heavy atom. The highest BCUT2D eigenvalue weighted by atomic mass is 16.7. The summed E-state index contributed by atoms with van der Waals surface area (Å²) in [5.74, 6) is -2.97. The normalized spacial score (nSPS) is 10.3. The number of esters is 1.